The number of hydrogen-bond donors (Lipinski definition) is 1. The molecule has 0 atom stereocenters. The van der Waals surface area contributed by atoms with Gasteiger partial charge in [-0.05, 0) is 12.8 Å². The van der Waals surface area contributed by atoms with Crippen LogP contribution >= 0.6 is 0 Å². The highest BCUT2D eigenvalue weighted by Gasteiger charge is 2.00. The highest BCUT2D eigenvalue weighted by Crippen LogP contribution is 1.95. The Balaban J connectivity index is 3.35. The molecule has 0 aromatic heterocycles. The predicted molar refractivity (Wildman–Crippen MR) is 39.3 cm³/mol. The van der Waals surface area contributed by atoms with Gasteiger partial charge < -0.3 is 10.1 Å². The van der Waals surface area contributed by atoms with Crippen LogP contribution in [0.1, 0.15) is 26.2 Å². The van der Waals surface area contributed by atoms with Crippen molar-refractivity contribution in [3.05, 3.63) is 0 Å². The Hall–Kier alpha value is -0.860. The average Bonchev–Trinajstić information content (AvgIpc) is 1.99. The Labute approximate surface area is 60.9 Å². The van der Waals surface area contributed by atoms with Crippen LogP contribution in [0.25, 0.3) is 0 Å². The summed E-state index contributed by atoms with van der Waals surface area (Å²) >= 11 is 0. The molecule has 1 N–H and O–H groups in total. The number of ether oxygens (including phenoxy) is 1. The Morgan fingerprint density at radius 3 is 2.50 bits per heavy atom. The second kappa shape index (κ2) is 4.97. The third-order valence-corrected chi connectivity index (χ3v) is 1.29. The molecule has 0 bridgehead atoms. The lowest BCUT2D eigenvalue weighted by Gasteiger charge is -1.98. The molecule has 0 aromatic carbocycles. The van der Waals surface area contributed by atoms with Gasteiger partial charge in [-0.2, -0.15) is 0 Å². The van der Waals surface area contributed by atoms with Crippen molar-refractivity contribution in [2.45, 2.75) is 26.2 Å². The lowest BCUT2D eigenvalue weighted by molar-refractivity contribution is -0.140. The zero-order valence-corrected chi connectivity index (χ0v) is 6.44. The molecule has 0 saturated heterocycles. The number of hydrogen-bond acceptors (Lipinski definition) is 3. The van der Waals surface area contributed by atoms with E-state index in [0.29, 0.717) is 18.6 Å². The molecule has 0 aromatic rings. The van der Waals surface area contributed by atoms with Gasteiger partial charge in [0, 0.05) is 5.71 Å². The largest absolute Gasteiger partial charge is 0.469 e. The van der Waals surface area contributed by atoms with Crippen LogP contribution in [0.3, 0.4) is 0 Å². The van der Waals surface area contributed by atoms with E-state index >= 15 is 0 Å². The normalized spacial score (nSPS) is 9.00. The second-order valence-corrected chi connectivity index (χ2v) is 2.03. The van der Waals surface area contributed by atoms with Crippen molar-refractivity contribution in [3.8, 4) is 0 Å². The molecule has 0 heterocycles. The van der Waals surface area contributed by atoms with Gasteiger partial charge in [0.1, 0.15) is 0 Å². The summed E-state index contributed by atoms with van der Waals surface area (Å²) < 4.78 is 4.41. The number of nitrogens with one attached hydrogen (secondary N) is 1. The van der Waals surface area contributed by atoms with E-state index in [9.17, 15) is 4.79 Å². The number of methoxy groups -OCH3 is 1. The van der Waals surface area contributed by atoms with Crippen LogP contribution in [0.15, 0.2) is 0 Å². The van der Waals surface area contributed by atoms with Crippen LogP contribution in [0, 0.1) is 5.41 Å². The topological polar surface area (TPSA) is 50.2 Å². The molecule has 3 heteroatoms. The maximum atomic E-state index is 10.5. The van der Waals surface area contributed by atoms with Crippen molar-refractivity contribution in [1.29, 1.82) is 5.41 Å². The van der Waals surface area contributed by atoms with Crippen molar-refractivity contribution in [2.24, 2.45) is 0 Å². The summed E-state index contributed by atoms with van der Waals surface area (Å²) in [5, 5.41) is 7.20. The summed E-state index contributed by atoms with van der Waals surface area (Å²) in [5.41, 5.74) is 0.602. The quantitative estimate of drug-likeness (QED) is 0.477. The van der Waals surface area contributed by atoms with E-state index in [-0.39, 0.29) is 5.97 Å². The van der Waals surface area contributed by atoms with Crippen molar-refractivity contribution in [3.63, 3.8) is 0 Å². The maximum Gasteiger partial charge on any atom is 0.305 e. The van der Waals surface area contributed by atoms with E-state index in [1.54, 1.807) is 0 Å². The summed E-state index contributed by atoms with van der Waals surface area (Å²) in [7, 11) is 1.36. The molecule has 0 rings (SSSR count). The molecule has 0 aliphatic rings. The molecule has 3 nitrogen and oxygen atoms in total. The minimum absolute atomic E-state index is 0.238. The first kappa shape index (κ1) is 9.14. The van der Waals surface area contributed by atoms with Gasteiger partial charge >= 0.3 is 5.97 Å². The highest BCUT2D eigenvalue weighted by atomic mass is 16.5. The summed E-state index contributed by atoms with van der Waals surface area (Å²) in [5.74, 6) is -0.238. The number of rotatable bonds is 4. The molecular weight excluding hydrogens is 130 g/mol. The first-order valence-corrected chi connectivity index (χ1v) is 3.33. The summed E-state index contributed by atoms with van der Waals surface area (Å²) in [6, 6.07) is 0. The van der Waals surface area contributed by atoms with Gasteiger partial charge in [-0.15, -0.1) is 0 Å². The number of carbonyl (C=O) groups excluding carboxylic acids is 1. The van der Waals surface area contributed by atoms with E-state index in [2.05, 4.69) is 4.74 Å². The molecule has 0 aliphatic heterocycles. The first-order valence-electron chi connectivity index (χ1n) is 3.33. The third kappa shape index (κ3) is 4.06. The van der Waals surface area contributed by atoms with Gasteiger partial charge in [0.25, 0.3) is 0 Å². The minimum Gasteiger partial charge on any atom is -0.469 e. The zero-order valence-electron chi connectivity index (χ0n) is 6.44. The predicted octanol–water partition coefficient (Wildman–Crippen LogP) is 1.37. The molecule has 0 fully saturated rings. The van der Waals surface area contributed by atoms with Crippen molar-refractivity contribution in [2.75, 3.05) is 7.11 Å². The summed E-state index contributed by atoms with van der Waals surface area (Å²) in [4.78, 5) is 10.5. The van der Waals surface area contributed by atoms with Gasteiger partial charge in [0.05, 0.1) is 13.5 Å². The van der Waals surface area contributed by atoms with E-state index in [1.165, 1.54) is 7.11 Å². The van der Waals surface area contributed by atoms with Crippen LogP contribution in [-0.2, 0) is 9.53 Å². The molecule has 10 heavy (non-hydrogen) atoms. The molecule has 0 radical (unpaired) electrons. The van der Waals surface area contributed by atoms with Crippen LogP contribution in [-0.4, -0.2) is 18.8 Å². The van der Waals surface area contributed by atoms with E-state index in [0.717, 1.165) is 6.42 Å². The lowest BCUT2D eigenvalue weighted by atomic mass is 10.2. The fourth-order valence-corrected chi connectivity index (χ4v) is 0.532. The van der Waals surface area contributed by atoms with Crippen LogP contribution in [0.5, 0.6) is 0 Å². The molecule has 0 unspecified atom stereocenters. The zero-order chi connectivity index (χ0) is 7.98. The fraction of sp³-hybridized carbons (Fsp3) is 0.714. The molecule has 0 spiro atoms. The van der Waals surface area contributed by atoms with Crippen LogP contribution in [0.2, 0.25) is 0 Å². The molecule has 0 aliphatic carbocycles. The van der Waals surface area contributed by atoms with Gasteiger partial charge in [0.2, 0.25) is 0 Å². The van der Waals surface area contributed by atoms with Crippen molar-refractivity contribution < 1.29 is 9.53 Å². The van der Waals surface area contributed by atoms with Gasteiger partial charge in [-0.3, -0.25) is 4.79 Å². The van der Waals surface area contributed by atoms with E-state index < -0.39 is 0 Å². The van der Waals surface area contributed by atoms with Crippen LogP contribution < -0.4 is 0 Å². The molecule has 58 valence electrons. The lowest BCUT2D eigenvalue weighted by Crippen LogP contribution is -2.03. The van der Waals surface area contributed by atoms with Crippen LogP contribution in [0.4, 0.5) is 0 Å². The fourth-order valence-electron chi connectivity index (χ4n) is 0.532. The second-order valence-electron chi connectivity index (χ2n) is 2.03. The SMILES string of the molecule is CCC(=N)CCC(=O)OC. The Kier molecular flexibility index (Phi) is 4.54. The monoisotopic (exact) mass is 143 g/mol. The number of carbonyl (C=O) groups is 1. The standard InChI is InChI=1S/C7H13NO2/c1-3-6(8)4-5-7(9)10-2/h8H,3-5H2,1-2H3. The van der Waals surface area contributed by atoms with E-state index in [4.69, 9.17) is 5.41 Å². The van der Waals surface area contributed by atoms with E-state index in [1.807, 2.05) is 6.92 Å². The van der Waals surface area contributed by atoms with Gasteiger partial charge in [0.15, 0.2) is 0 Å². The molecular formula is C7H13NO2. The summed E-state index contributed by atoms with van der Waals surface area (Å²) in [6.45, 7) is 1.90. The van der Waals surface area contributed by atoms with Gasteiger partial charge in [-0.1, -0.05) is 6.92 Å². The minimum atomic E-state index is -0.238. The van der Waals surface area contributed by atoms with Crippen molar-refractivity contribution >= 4 is 11.7 Å². The molecule has 0 saturated carbocycles. The third-order valence-electron chi connectivity index (χ3n) is 1.29. The average molecular weight is 143 g/mol. The van der Waals surface area contributed by atoms with Crippen molar-refractivity contribution in [1.82, 2.24) is 0 Å². The Bertz CT molecular complexity index is 116. The van der Waals surface area contributed by atoms with Gasteiger partial charge in [-0.25, -0.2) is 0 Å². The highest BCUT2D eigenvalue weighted by molar-refractivity contribution is 5.84. The maximum absolute atomic E-state index is 10.5. The Morgan fingerprint density at radius 2 is 2.10 bits per heavy atom. The smallest absolute Gasteiger partial charge is 0.305 e. The summed E-state index contributed by atoms with van der Waals surface area (Å²) in [6.07, 6.45) is 1.59. The Morgan fingerprint density at radius 1 is 1.50 bits per heavy atom. The number of esters is 1. The molecule has 0 amide bonds. The first-order chi connectivity index (χ1) is 4.70.